The lowest BCUT2D eigenvalue weighted by atomic mass is 9.98. The van der Waals surface area contributed by atoms with Gasteiger partial charge in [-0.1, -0.05) is 12.1 Å². The van der Waals surface area contributed by atoms with Gasteiger partial charge in [0.1, 0.15) is 5.65 Å². The fraction of sp³-hybridized carbons (Fsp3) is 0.350. The topological polar surface area (TPSA) is 50.5 Å². The fourth-order valence-electron chi connectivity index (χ4n) is 3.70. The molecule has 1 aliphatic heterocycles. The lowest BCUT2D eigenvalue weighted by Gasteiger charge is -2.35. The van der Waals surface area contributed by atoms with Crippen LogP contribution in [0.1, 0.15) is 42.3 Å². The molecule has 0 radical (unpaired) electrons. The van der Waals surface area contributed by atoms with E-state index >= 15 is 0 Å². The number of aromatic nitrogens is 3. The molecule has 0 N–H and O–H groups in total. The largest absolute Gasteiger partial charge is 0.334 e. The van der Waals surface area contributed by atoms with E-state index in [-0.39, 0.29) is 11.9 Å². The molecular weight excluding hydrogens is 312 g/mol. The second kappa shape index (κ2) is 6.67. The summed E-state index contributed by atoms with van der Waals surface area (Å²) in [5.41, 5.74) is 3.97. The fourth-order valence-corrected chi connectivity index (χ4v) is 3.70. The highest BCUT2D eigenvalue weighted by Crippen LogP contribution is 2.30. The Bertz CT molecular complexity index is 887. The van der Waals surface area contributed by atoms with Gasteiger partial charge >= 0.3 is 0 Å². The van der Waals surface area contributed by atoms with E-state index in [1.54, 1.807) is 6.20 Å². The molecule has 0 aliphatic carbocycles. The SMILES string of the molecule is Cc1cccn2c(CC(=O)N3CCCC[C@H]3c3ccccn3)cnc12. The quantitative estimate of drug-likeness (QED) is 0.738. The van der Waals surface area contributed by atoms with E-state index in [1.807, 2.05) is 58.9 Å². The summed E-state index contributed by atoms with van der Waals surface area (Å²) in [5.74, 6) is 0.152. The summed E-state index contributed by atoms with van der Waals surface area (Å²) < 4.78 is 2.02. The smallest absolute Gasteiger partial charge is 0.229 e. The molecule has 0 saturated carbocycles. The van der Waals surface area contributed by atoms with Gasteiger partial charge in [0.15, 0.2) is 0 Å². The average molecular weight is 334 g/mol. The normalized spacial score (nSPS) is 17.8. The lowest BCUT2D eigenvalue weighted by Crippen LogP contribution is -2.39. The van der Waals surface area contributed by atoms with E-state index in [1.165, 1.54) is 0 Å². The van der Waals surface area contributed by atoms with Gasteiger partial charge in [0.25, 0.3) is 0 Å². The molecule has 0 unspecified atom stereocenters. The van der Waals surface area contributed by atoms with Crippen LogP contribution in [-0.4, -0.2) is 31.7 Å². The van der Waals surface area contributed by atoms with Crippen LogP contribution in [0, 0.1) is 6.92 Å². The van der Waals surface area contributed by atoms with E-state index in [9.17, 15) is 4.79 Å². The third kappa shape index (κ3) is 3.02. The van der Waals surface area contributed by atoms with Crippen LogP contribution in [0.3, 0.4) is 0 Å². The first-order chi connectivity index (χ1) is 12.2. The van der Waals surface area contributed by atoms with Gasteiger partial charge in [-0.15, -0.1) is 0 Å². The minimum Gasteiger partial charge on any atom is -0.334 e. The molecule has 3 aromatic heterocycles. The minimum absolute atomic E-state index is 0.0865. The number of likely N-dealkylation sites (tertiary alicyclic amines) is 1. The summed E-state index contributed by atoms with van der Waals surface area (Å²) in [6, 6.07) is 10.0. The van der Waals surface area contributed by atoms with Gasteiger partial charge in [-0.25, -0.2) is 4.98 Å². The zero-order valence-electron chi connectivity index (χ0n) is 14.4. The zero-order valence-corrected chi connectivity index (χ0v) is 14.4. The monoisotopic (exact) mass is 334 g/mol. The Balaban J connectivity index is 1.59. The molecule has 0 bridgehead atoms. The van der Waals surface area contributed by atoms with Crippen molar-refractivity contribution in [1.82, 2.24) is 19.3 Å². The molecule has 25 heavy (non-hydrogen) atoms. The van der Waals surface area contributed by atoms with Gasteiger partial charge in [0.05, 0.1) is 23.9 Å². The van der Waals surface area contributed by atoms with Crippen LogP contribution in [0.2, 0.25) is 0 Å². The number of imidazole rings is 1. The molecular formula is C20H22N4O. The number of carbonyl (C=O) groups is 1. The van der Waals surface area contributed by atoms with Crippen LogP contribution in [0.5, 0.6) is 0 Å². The van der Waals surface area contributed by atoms with Gasteiger partial charge in [-0.3, -0.25) is 9.78 Å². The highest BCUT2D eigenvalue weighted by Gasteiger charge is 2.29. The molecule has 3 aromatic rings. The number of nitrogens with zero attached hydrogens (tertiary/aromatic N) is 4. The number of rotatable bonds is 3. The van der Waals surface area contributed by atoms with Crippen molar-refractivity contribution in [2.24, 2.45) is 0 Å². The number of piperidine rings is 1. The number of aryl methyl sites for hydroxylation is 1. The minimum atomic E-state index is 0.0865. The van der Waals surface area contributed by atoms with Crippen LogP contribution in [-0.2, 0) is 11.2 Å². The van der Waals surface area contributed by atoms with Gasteiger partial charge in [-0.2, -0.15) is 0 Å². The highest BCUT2D eigenvalue weighted by molar-refractivity contribution is 5.79. The van der Waals surface area contributed by atoms with Gasteiger partial charge in [-0.05, 0) is 49.9 Å². The Hall–Kier alpha value is -2.69. The van der Waals surface area contributed by atoms with Crippen molar-refractivity contribution in [3.63, 3.8) is 0 Å². The van der Waals surface area contributed by atoms with Crippen molar-refractivity contribution in [2.75, 3.05) is 6.54 Å². The second-order valence-electron chi connectivity index (χ2n) is 6.66. The van der Waals surface area contributed by atoms with Crippen molar-refractivity contribution >= 4 is 11.6 Å². The number of carbonyl (C=O) groups excluding carboxylic acids is 1. The average Bonchev–Trinajstić information content (AvgIpc) is 3.07. The molecule has 4 heterocycles. The first-order valence-corrected chi connectivity index (χ1v) is 8.86. The van der Waals surface area contributed by atoms with Gasteiger partial charge < -0.3 is 9.30 Å². The van der Waals surface area contributed by atoms with E-state index in [0.29, 0.717) is 6.42 Å². The third-order valence-electron chi connectivity index (χ3n) is 4.99. The van der Waals surface area contributed by atoms with E-state index in [4.69, 9.17) is 0 Å². The summed E-state index contributed by atoms with van der Waals surface area (Å²) >= 11 is 0. The number of hydrogen-bond donors (Lipinski definition) is 0. The second-order valence-corrected chi connectivity index (χ2v) is 6.66. The van der Waals surface area contributed by atoms with Crippen molar-refractivity contribution in [2.45, 2.75) is 38.6 Å². The van der Waals surface area contributed by atoms with Crippen LogP contribution >= 0.6 is 0 Å². The molecule has 5 heteroatoms. The number of amides is 1. The standard InChI is InChI=1S/C20H22N4O/c1-15-7-6-12-23-16(14-22-20(15)23)13-19(25)24-11-5-3-9-18(24)17-8-2-4-10-21-17/h2,4,6-8,10,12,14,18H,3,5,9,11,13H2,1H3/t18-/m0/s1. The zero-order chi connectivity index (χ0) is 17.2. The Kier molecular flexibility index (Phi) is 4.22. The lowest BCUT2D eigenvalue weighted by molar-refractivity contribution is -0.134. The molecule has 4 rings (SSSR count). The first-order valence-electron chi connectivity index (χ1n) is 8.86. The molecule has 1 fully saturated rings. The molecule has 1 atom stereocenters. The Morgan fingerprint density at radius 1 is 1.20 bits per heavy atom. The predicted octanol–water partition coefficient (Wildman–Crippen LogP) is 3.33. The Morgan fingerprint density at radius 3 is 2.96 bits per heavy atom. The summed E-state index contributed by atoms with van der Waals surface area (Å²) in [6.07, 6.45) is 9.15. The number of pyridine rings is 2. The molecule has 1 amide bonds. The van der Waals surface area contributed by atoms with Crippen molar-refractivity contribution in [3.05, 3.63) is 65.9 Å². The Morgan fingerprint density at radius 2 is 2.12 bits per heavy atom. The summed E-state index contributed by atoms with van der Waals surface area (Å²) in [4.78, 5) is 24.0. The van der Waals surface area contributed by atoms with Crippen molar-refractivity contribution in [3.8, 4) is 0 Å². The first kappa shape index (κ1) is 15.8. The summed E-state index contributed by atoms with van der Waals surface area (Å²) in [5, 5.41) is 0. The van der Waals surface area contributed by atoms with Crippen LogP contribution in [0.25, 0.3) is 5.65 Å². The maximum absolute atomic E-state index is 13.0. The Labute approximate surface area is 147 Å². The third-order valence-corrected chi connectivity index (χ3v) is 4.99. The summed E-state index contributed by atoms with van der Waals surface area (Å²) in [6.45, 7) is 2.84. The predicted molar refractivity (Wildman–Crippen MR) is 96.2 cm³/mol. The van der Waals surface area contributed by atoms with Crippen LogP contribution < -0.4 is 0 Å². The van der Waals surface area contributed by atoms with Crippen molar-refractivity contribution < 1.29 is 4.79 Å². The van der Waals surface area contributed by atoms with E-state index < -0.39 is 0 Å². The van der Waals surface area contributed by atoms with Crippen LogP contribution in [0.15, 0.2) is 48.9 Å². The summed E-state index contributed by atoms with van der Waals surface area (Å²) in [7, 11) is 0. The number of fused-ring (bicyclic) bond motifs is 1. The molecule has 5 nitrogen and oxygen atoms in total. The number of hydrogen-bond acceptors (Lipinski definition) is 3. The van der Waals surface area contributed by atoms with Gasteiger partial charge in [0, 0.05) is 25.1 Å². The van der Waals surface area contributed by atoms with Crippen molar-refractivity contribution in [1.29, 1.82) is 0 Å². The molecule has 0 spiro atoms. The maximum atomic E-state index is 13.0. The molecule has 0 aromatic carbocycles. The van der Waals surface area contributed by atoms with Crippen LogP contribution in [0.4, 0.5) is 0 Å². The highest BCUT2D eigenvalue weighted by atomic mass is 16.2. The van der Waals surface area contributed by atoms with Gasteiger partial charge in [0.2, 0.25) is 5.91 Å². The maximum Gasteiger partial charge on any atom is 0.229 e. The molecule has 1 aliphatic rings. The molecule has 1 saturated heterocycles. The van der Waals surface area contributed by atoms with E-state index in [0.717, 1.165) is 48.4 Å². The molecule has 128 valence electrons. The van der Waals surface area contributed by atoms with E-state index in [2.05, 4.69) is 9.97 Å².